The molecule has 2 aliphatic rings. The Morgan fingerprint density at radius 1 is 1.46 bits per heavy atom. The van der Waals surface area contributed by atoms with Crippen molar-refractivity contribution in [1.82, 2.24) is 20.1 Å². The molecule has 7 nitrogen and oxygen atoms in total. The number of allylic oxidation sites excluding steroid dienone is 4. The van der Waals surface area contributed by atoms with Gasteiger partial charge in [-0.1, -0.05) is 11.8 Å². The Balaban J connectivity index is 1.76. The Morgan fingerprint density at radius 2 is 2.25 bits per heavy atom. The summed E-state index contributed by atoms with van der Waals surface area (Å²) in [5.41, 5.74) is -1.72. The Bertz CT molecular complexity index is 908. The molecule has 0 saturated heterocycles. The third kappa shape index (κ3) is 4.53. The molecule has 0 fully saturated rings. The van der Waals surface area contributed by atoms with E-state index in [2.05, 4.69) is 15.6 Å². The van der Waals surface area contributed by atoms with Crippen molar-refractivity contribution in [2.75, 3.05) is 27.2 Å². The molecule has 28 heavy (non-hydrogen) atoms. The van der Waals surface area contributed by atoms with Crippen LogP contribution in [0.3, 0.4) is 0 Å². The smallest absolute Gasteiger partial charge is 0.317 e. The molecule has 3 rings (SSSR count). The number of likely N-dealkylation sites (N-methyl/N-ethyl adjacent to an activating group) is 1. The van der Waals surface area contributed by atoms with E-state index in [-0.39, 0.29) is 17.2 Å². The predicted molar refractivity (Wildman–Crippen MR) is 110 cm³/mol. The van der Waals surface area contributed by atoms with Crippen molar-refractivity contribution in [1.29, 1.82) is 0 Å². The van der Waals surface area contributed by atoms with Gasteiger partial charge in [-0.25, -0.2) is 14.2 Å². The number of halogens is 1. The van der Waals surface area contributed by atoms with Crippen LogP contribution in [0.15, 0.2) is 51.2 Å². The lowest BCUT2D eigenvalue weighted by molar-refractivity contribution is 0.241. The number of hydrogen-bond acceptors (Lipinski definition) is 5. The van der Waals surface area contributed by atoms with Gasteiger partial charge in [0, 0.05) is 42.4 Å². The number of alkyl halides is 1. The number of aliphatic imine (C=N–C) groups is 1. The number of nitrogens with one attached hydrogen (secondary N) is 2. The highest BCUT2D eigenvalue weighted by Crippen LogP contribution is 2.40. The molecule has 150 valence electrons. The molecule has 0 saturated carbocycles. The second kappa shape index (κ2) is 8.32. The first kappa shape index (κ1) is 20.3. The number of carbonyl (C=O) groups is 1. The number of amides is 2. The van der Waals surface area contributed by atoms with Crippen molar-refractivity contribution in [3.8, 4) is 0 Å². The number of urea groups is 1. The van der Waals surface area contributed by atoms with Gasteiger partial charge in [-0.2, -0.15) is 0 Å². The number of pyridine rings is 1. The Morgan fingerprint density at radius 3 is 2.93 bits per heavy atom. The Hall–Kier alpha value is -2.39. The molecule has 1 aromatic heterocycles. The van der Waals surface area contributed by atoms with Crippen molar-refractivity contribution in [2.45, 2.75) is 24.6 Å². The normalized spacial score (nSPS) is 23.2. The van der Waals surface area contributed by atoms with Crippen LogP contribution in [0.25, 0.3) is 0 Å². The van der Waals surface area contributed by atoms with E-state index in [0.29, 0.717) is 23.7 Å². The van der Waals surface area contributed by atoms with Gasteiger partial charge in [-0.05, 0) is 45.3 Å². The molecule has 0 aromatic carbocycles. The summed E-state index contributed by atoms with van der Waals surface area (Å²) >= 11 is 1.27. The highest BCUT2D eigenvalue weighted by Gasteiger charge is 2.35. The minimum absolute atomic E-state index is 0.238. The molecule has 1 aromatic rings. The fourth-order valence-corrected chi connectivity index (χ4v) is 3.93. The molecule has 1 aliphatic carbocycles. The summed E-state index contributed by atoms with van der Waals surface area (Å²) in [7, 11) is 3.86. The zero-order valence-corrected chi connectivity index (χ0v) is 16.9. The third-order valence-corrected chi connectivity index (χ3v) is 5.42. The Labute approximate surface area is 167 Å². The summed E-state index contributed by atoms with van der Waals surface area (Å²) in [5, 5.41) is 5.35. The van der Waals surface area contributed by atoms with Crippen LogP contribution in [0.1, 0.15) is 12.5 Å². The highest BCUT2D eigenvalue weighted by molar-refractivity contribution is 8.05. The van der Waals surface area contributed by atoms with E-state index in [1.54, 1.807) is 22.9 Å². The molecule has 1 aliphatic heterocycles. The number of aromatic nitrogens is 1. The summed E-state index contributed by atoms with van der Waals surface area (Å²) in [6.45, 7) is 3.60. The number of rotatable bonds is 6. The summed E-state index contributed by atoms with van der Waals surface area (Å²) in [6.07, 6.45) is 6.07. The lowest BCUT2D eigenvalue weighted by Crippen LogP contribution is -2.39. The molecule has 2 amide bonds. The summed E-state index contributed by atoms with van der Waals surface area (Å²) in [4.78, 5) is 31.0. The highest BCUT2D eigenvalue weighted by atomic mass is 32.2. The van der Waals surface area contributed by atoms with Crippen LogP contribution in [0.2, 0.25) is 0 Å². The van der Waals surface area contributed by atoms with Crippen molar-refractivity contribution in [2.24, 2.45) is 4.99 Å². The predicted octanol–water partition coefficient (Wildman–Crippen LogP) is 1.82. The molecular weight excluding hydrogens is 381 g/mol. The quantitative estimate of drug-likeness (QED) is 0.757. The number of thioether (sulfide) groups is 1. The Kier molecular flexibility index (Phi) is 6.04. The fraction of sp³-hybridized carbons (Fsp3) is 0.421. The number of fused-ring (bicyclic) bond motifs is 1. The lowest BCUT2D eigenvalue weighted by atomic mass is 9.91. The van der Waals surface area contributed by atoms with Gasteiger partial charge < -0.3 is 20.1 Å². The molecule has 2 N–H and O–H groups in total. The zero-order chi connectivity index (χ0) is 20.3. The first-order valence-corrected chi connectivity index (χ1v) is 9.94. The largest absolute Gasteiger partial charge is 0.338 e. The second-order valence-corrected chi connectivity index (χ2v) is 7.97. The van der Waals surface area contributed by atoms with Crippen LogP contribution in [0.4, 0.5) is 9.18 Å². The van der Waals surface area contributed by atoms with E-state index in [1.165, 1.54) is 30.0 Å². The molecule has 9 heteroatoms. The first-order chi connectivity index (χ1) is 13.3. The molecule has 2 atom stereocenters. The van der Waals surface area contributed by atoms with Gasteiger partial charge in [0.2, 0.25) is 0 Å². The van der Waals surface area contributed by atoms with Crippen LogP contribution in [-0.4, -0.2) is 53.9 Å². The minimum atomic E-state index is -1.89. The van der Waals surface area contributed by atoms with Crippen molar-refractivity contribution < 1.29 is 9.18 Å². The SMILES string of the molecule is CCNC(=O)NC1N=C2C=CC(F)(c3ccn(CCN(C)C)c(=O)c3)C=C2S1. The fourth-order valence-electron chi connectivity index (χ4n) is 2.87. The topological polar surface area (TPSA) is 78.7 Å². The second-order valence-electron chi connectivity index (χ2n) is 6.85. The molecule has 2 heterocycles. The number of hydrogen-bond donors (Lipinski definition) is 2. The average Bonchev–Trinajstić information content (AvgIpc) is 3.01. The summed E-state index contributed by atoms with van der Waals surface area (Å²) in [5.74, 6) is 0. The lowest BCUT2D eigenvalue weighted by Gasteiger charge is -2.22. The molecule has 0 spiro atoms. The third-order valence-electron chi connectivity index (χ3n) is 4.39. The standard InChI is InChI=1S/C19H24FN5O2S/c1-4-21-17(27)23-18-22-14-5-7-19(20,12-15(14)28-18)13-6-8-25(16(26)11-13)10-9-24(2)3/h5-8,11-12,18H,4,9-10H2,1-3H3,(H2,21,23,27). The molecule has 0 radical (unpaired) electrons. The van der Waals surface area contributed by atoms with Gasteiger partial charge in [0.1, 0.15) is 0 Å². The van der Waals surface area contributed by atoms with Gasteiger partial charge in [0.05, 0.1) is 5.71 Å². The first-order valence-electron chi connectivity index (χ1n) is 9.06. The maximum absolute atomic E-state index is 15.6. The van der Waals surface area contributed by atoms with Crippen LogP contribution in [0.5, 0.6) is 0 Å². The van der Waals surface area contributed by atoms with E-state index in [1.807, 2.05) is 25.9 Å². The molecule has 2 unspecified atom stereocenters. The van der Waals surface area contributed by atoms with E-state index < -0.39 is 11.2 Å². The van der Waals surface area contributed by atoms with Crippen LogP contribution in [-0.2, 0) is 12.2 Å². The minimum Gasteiger partial charge on any atom is -0.338 e. The summed E-state index contributed by atoms with van der Waals surface area (Å²) < 4.78 is 17.2. The molecule has 0 bridgehead atoms. The van der Waals surface area contributed by atoms with E-state index in [4.69, 9.17) is 0 Å². The van der Waals surface area contributed by atoms with E-state index >= 15 is 4.39 Å². The van der Waals surface area contributed by atoms with Crippen LogP contribution in [0, 0.1) is 0 Å². The van der Waals surface area contributed by atoms with Crippen molar-refractivity contribution in [3.63, 3.8) is 0 Å². The van der Waals surface area contributed by atoms with Gasteiger partial charge in [-0.3, -0.25) is 4.79 Å². The van der Waals surface area contributed by atoms with E-state index in [0.717, 1.165) is 6.54 Å². The zero-order valence-electron chi connectivity index (χ0n) is 16.1. The average molecular weight is 405 g/mol. The molecular formula is C19H24FN5O2S. The van der Waals surface area contributed by atoms with Gasteiger partial charge in [0.15, 0.2) is 11.2 Å². The number of carbonyl (C=O) groups excluding carboxylic acids is 1. The van der Waals surface area contributed by atoms with Crippen molar-refractivity contribution >= 4 is 23.5 Å². The summed E-state index contributed by atoms with van der Waals surface area (Å²) in [6, 6.07) is 2.65. The van der Waals surface area contributed by atoms with Gasteiger partial charge in [-0.15, -0.1) is 0 Å². The van der Waals surface area contributed by atoms with Crippen molar-refractivity contribution in [3.05, 3.63) is 57.4 Å². The monoisotopic (exact) mass is 405 g/mol. The maximum atomic E-state index is 15.6. The van der Waals surface area contributed by atoms with Gasteiger partial charge in [0.25, 0.3) is 5.56 Å². The van der Waals surface area contributed by atoms with Gasteiger partial charge >= 0.3 is 6.03 Å². The van der Waals surface area contributed by atoms with Crippen LogP contribution < -0.4 is 16.2 Å². The maximum Gasteiger partial charge on any atom is 0.317 e. The van der Waals surface area contributed by atoms with Crippen LogP contribution >= 0.6 is 11.8 Å². The number of nitrogens with zero attached hydrogens (tertiary/aromatic N) is 3. The van der Waals surface area contributed by atoms with E-state index in [9.17, 15) is 9.59 Å².